The van der Waals surface area contributed by atoms with Crippen LogP contribution in [0.5, 0.6) is 5.75 Å². The third-order valence-corrected chi connectivity index (χ3v) is 4.30. The van der Waals surface area contributed by atoms with Gasteiger partial charge >= 0.3 is 6.03 Å². The Bertz CT molecular complexity index is 735. The van der Waals surface area contributed by atoms with E-state index in [0.29, 0.717) is 37.1 Å². The topological polar surface area (TPSA) is 62.8 Å². The SMILES string of the molecule is O=C(NCCOc1ccccc1Cl)Nc1ccccc1N1CCOCC1. The molecular formula is C19H22ClN3O3. The zero-order chi connectivity index (χ0) is 18.2. The van der Waals surface area contributed by atoms with Gasteiger partial charge in [0.25, 0.3) is 0 Å². The maximum atomic E-state index is 12.2. The lowest BCUT2D eigenvalue weighted by atomic mass is 10.2. The molecule has 1 aliphatic heterocycles. The minimum atomic E-state index is -0.270. The normalized spacial score (nSPS) is 14.0. The van der Waals surface area contributed by atoms with Crippen LogP contribution in [0.2, 0.25) is 5.02 Å². The van der Waals surface area contributed by atoms with Crippen molar-refractivity contribution in [3.8, 4) is 5.75 Å². The highest BCUT2D eigenvalue weighted by Crippen LogP contribution is 2.26. The largest absolute Gasteiger partial charge is 0.490 e. The van der Waals surface area contributed by atoms with E-state index in [1.807, 2.05) is 36.4 Å². The van der Waals surface area contributed by atoms with Crippen molar-refractivity contribution in [2.45, 2.75) is 0 Å². The molecule has 3 rings (SSSR count). The molecule has 0 radical (unpaired) electrons. The zero-order valence-corrected chi connectivity index (χ0v) is 15.2. The molecule has 0 saturated carbocycles. The summed E-state index contributed by atoms with van der Waals surface area (Å²) in [5.41, 5.74) is 1.78. The van der Waals surface area contributed by atoms with E-state index in [0.717, 1.165) is 24.5 Å². The Labute approximate surface area is 158 Å². The van der Waals surface area contributed by atoms with Crippen LogP contribution < -0.4 is 20.3 Å². The summed E-state index contributed by atoms with van der Waals surface area (Å²) >= 11 is 6.03. The Balaban J connectivity index is 1.48. The minimum absolute atomic E-state index is 0.270. The highest BCUT2D eigenvalue weighted by molar-refractivity contribution is 6.32. The summed E-state index contributed by atoms with van der Waals surface area (Å²) in [5, 5.41) is 6.25. The molecule has 6 nitrogen and oxygen atoms in total. The van der Waals surface area contributed by atoms with Gasteiger partial charge < -0.3 is 25.0 Å². The van der Waals surface area contributed by atoms with Crippen LogP contribution in [0, 0.1) is 0 Å². The van der Waals surface area contributed by atoms with Gasteiger partial charge in [-0.05, 0) is 24.3 Å². The van der Waals surface area contributed by atoms with Gasteiger partial charge in [0.05, 0.1) is 36.2 Å². The molecule has 0 spiro atoms. The third kappa shape index (κ3) is 5.03. The van der Waals surface area contributed by atoms with E-state index >= 15 is 0 Å². The molecular weight excluding hydrogens is 354 g/mol. The van der Waals surface area contributed by atoms with E-state index in [4.69, 9.17) is 21.1 Å². The zero-order valence-electron chi connectivity index (χ0n) is 14.4. The Morgan fingerprint density at radius 3 is 2.65 bits per heavy atom. The quantitative estimate of drug-likeness (QED) is 0.760. The lowest BCUT2D eigenvalue weighted by Gasteiger charge is -2.30. The lowest BCUT2D eigenvalue weighted by Crippen LogP contribution is -2.37. The summed E-state index contributed by atoms with van der Waals surface area (Å²) in [5.74, 6) is 0.606. The number of carbonyl (C=O) groups excluding carboxylic acids is 1. The van der Waals surface area contributed by atoms with Crippen molar-refractivity contribution in [1.82, 2.24) is 5.32 Å². The van der Waals surface area contributed by atoms with Gasteiger partial charge in [0, 0.05) is 13.1 Å². The number of para-hydroxylation sites is 3. The average molecular weight is 376 g/mol. The molecule has 2 aromatic carbocycles. The first-order valence-corrected chi connectivity index (χ1v) is 8.96. The monoisotopic (exact) mass is 375 g/mol. The Morgan fingerprint density at radius 1 is 1.12 bits per heavy atom. The van der Waals surface area contributed by atoms with Crippen LogP contribution in [-0.2, 0) is 4.74 Å². The number of rotatable bonds is 6. The van der Waals surface area contributed by atoms with Crippen molar-refractivity contribution >= 4 is 29.0 Å². The minimum Gasteiger partial charge on any atom is -0.490 e. The predicted octanol–water partition coefficient (Wildman–Crippen LogP) is 3.38. The summed E-state index contributed by atoms with van der Waals surface area (Å²) in [6.07, 6.45) is 0. The molecule has 1 aliphatic rings. The van der Waals surface area contributed by atoms with Crippen molar-refractivity contribution in [1.29, 1.82) is 0 Å². The first-order chi connectivity index (χ1) is 12.7. The number of urea groups is 1. The molecule has 0 unspecified atom stereocenters. The maximum Gasteiger partial charge on any atom is 0.319 e. The molecule has 2 amide bonds. The number of anilines is 2. The van der Waals surface area contributed by atoms with Gasteiger partial charge in [0.15, 0.2) is 0 Å². The molecule has 7 heteroatoms. The van der Waals surface area contributed by atoms with Gasteiger partial charge in [0.2, 0.25) is 0 Å². The van der Waals surface area contributed by atoms with Gasteiger partial charge in [-0.3, -0.25) is 0 Å². The second kappa shape index (κ2) is 9.31. The number of benzene rings is 2. The van der Waals surface area contributed by atoms with Crippen LogP contribution in [0.25, 0.3) is 0 Å². The number of morpholine rings is 1. The van der Waals surface area contributed by atoms with Crippen LogP contribution in [0.15, 0.2) is 48.5 Å². The van der Waals surface area contributed by atoms with E-state index in [1.165, 1.54) is 0 Å². The number of hydrogen-bond acceptors (Lipinski definition) is 4. The van der Waals surface area contributed by atoms with Gasteiger partial charge in [0.1, 0.15) is 12.4 Å². The molecule has 2 aromatic rings. The first kappa shape index (κ1) is 18.4. The molecule has 0 aromatic heterocycles. The number of nitrogens with one attached hydrogen (secondary N) is 2. The summed E-state index contributed by atoms with van der Waals surface area (Å²) in [4.78, 5) is 14.4. The fourth-order valence-corrected chi connectivity index (χ4v) is 2.90. The van der Waals surface area contributed by atoms with Crippen LogP contribution in [0.1, 0.15) is 0 Å². The molecule has 1 saturated heterocycles. The van der Waals surface area contributed by atoms with Gasteiger partial charge in [-0.2, -0.15) is 0 Å². The standard InChI is InChI=1S/C19H22ClN3O3/c20-15-5-1-4-8-18(15)26-12-9-21-19(24)22-16-6-2-3-7-17(16)23-10-13-25-14-11-23/h1-8H,9-14H2,(H2,21,22,24). The molecule has 138 valence electrons. The summed E-state index contributed by atoms with van der Waals surface area (Å²) in [6, 6.07) is 14.7. The van der Waals surface area contributed by atoms with Crippen molar-refractivity contribution in [3.05, 3.63) is 53.6 Å². The predicted molar refractivity (Wildman–Crippen MR) is 103 cm³/mol. The van der Waals surface area contributed by atoms with Crippen LogP contribution in [-0.4, -0.2) is 45.5 Å². The molecule has 0 aliphatic carbocycles. The highest BCUT2D eigenvalue weighted by atomic mass is 35.5. The van der Waals surface area contributed by atoms with E-state index in [-0.39, 0.29) is 6.03 Å². The first-order valence-electron chi connectivity index (χ1n) is 8.58. The van der Waals surface area contributed by atoms with Crippen LogP contribution >= 0.6 is 11.6 Å². The molecule has 1 fully saturated rings. The van der Waals surface area contributed by atoms with E-state index in [2.05, 4.69) is 15.5 Å². The fraction of sp³-hybridized carbons (Fsp3) is 0.316. The number of carbonyl (C=O) groups is 1. The van der Waals surface area contributed by atoms with Crippen molar-refractivity contribution in [2.24, 2.45) is 0 Å². The Kier molecular flexibility index (Phi) is 6.57. The number of halogens is 1. The second-order valence-electron chi connectivity index (χ2n) is 5.78. The van der Waals surface area contributed by atoms with Crippen LogP contribution in [0.3, 0.4) is 0 Å². The van der Waals surface area contributed by atoms with Crippen molar-refractivity contribution in [2.75, 3.05) is 49.7 Å². The Hall–Kier alpha value is -2.44. The fourth-order valence-electron chi connectivity index (χ4n) is 2.71. The number of hydrogen-bond donors (Lipinski definition) is 2. The van der Waals surface area contributed by atoms with Crippen molar-refractivity contribution < 1.29 is 14.3 Å². The average Bonchev–Trinajstić information content (AvgIpc) is 2.68. The Morgan fingerprint density at radius 2 is 1.85 bits per heavy atom. The third-order valence-electron chi connectivity index (χ3n) is 3.99. The van der Waals surface area contributed by atoms with Gasteiger partial charge in [-0.25, -0.2) is 4.79 Å². The molecule has 1 heterocycles. The lowest BCUT2D eigenvalue weighted by molar-refractivity contribution is 0.123. The molecule has 0 atom stereocenters. The van der Waals surface area contributed by atoms with E-state index in [9.17, 15) is 4.79 Å². The molecule has 26 heavy (non-hydrogen) atoms. The van der Waals surface area contributed by atoms with E-state index in [1.54, 1.807) is 12.1 Å². The maximum absolute atomic E-state index is 12.2. The summed E-state index contributed by atoms with van der Waals surface area (Å²) < 4.78 is 10.9. The summed E-state index contributed by atoms with van der Waals surface area (Å²) in [7, 11) is 0. The van der Waals surface area contributed by atoms with E-state index < -0.39 is 0 Å². The highest BCUT2D eigenvalue weighted by Gasteiger charge is 2.15. The summed E-state index contributed by atoms with van der Waals surface area (Å²) in [6.45, 7) is 3.72. The number of amides is 2. The van der Waals surface area contributed by atoms with Gasteiger partial charge in [-0.1, -0.05) is 35.9 Å². The van der Waals surface area contributed by atoms with Crippen molar-refractivity contribution in [3.63, 3.8) is 0 Å². The van der Waals surface area contributed by atoms with Gasteiger partial charge in [-0.15, -0.1) is 0 Å². The smallest absolute Gasteiger partial charge is 0.319 e. The van der Waals surface area contributed by atoms with Crippen LogP contribution in [0.4, 0.5) is 16.2 Å². The molecule has 2 N–H and O–H groups in total. The molecule has 0 bridgehead atoms. The second-order valence-corrected chi connectivity index (χ2v) is 6.18. The number of ether oxygens (including phenoxy) is 2. The number of nitrogens with zero attached hydrogens (tertiary/aromatic N) is 1.